The minimum absolute atomic E-state index is 0.125. The van der Waals surface area contributed by atoms with E-state index in [9.17, 15) is 9.90 Å². The summed E-state index contributed by atoms with van der Waals surface area (Å²) < 4.78 is 0. The van der Waals surface area contributed by atoms with Gasteiger partial charge in [0.1, 0.15) is 0 Å². The second kappa shape index (κ2) is 5.08. The second-order valence-corrected chi connectivity index (χ2v) is 7.30. The van der Waals surface area contributed by atoms with Crippen LogP contribution in [0.1, 0.15) is 52.4 Å². The van der Waals surface area contributed by atoms with Crippen molar-refractivity contribution >= 4 is 5.97 Å². The Morgan fingerprint density at radius 1 is 1.00 bits per heavy atom. The van der Waals surface area contributed by atoms with Crippen LogP contribution in [0, 0.1) is 29.6 Å². The maximum atomic E-state index is 11.6. The molecule has 3 saturated carbocycles. The number of hydrogen-bond donors (Lipinski definition) is 2. The molecule has 3 nitrogen and oxygen atoms in total. The van der Waals surface area contributed by atoms with Crippen LogP contribution in [-0.4, -0.2) is 23.2 Å². The van der Waals surface area contributed by atoms with E-state index in [1.165, 1.54) is 25.7 Å². The predicted octanol–water partition coefficient (Wildman–Crippen LogP) is 2.90. The van der Waals surface area contributed by atoms with Crippen molar-refractivity contribution in [1.29, 1.82) is 0 Å². The van der Waals surface area contributed by atoms with Gasteiger partial charge < -0.3 is 10.4 Å². The third-order valence-corrected chi connectivity index (χ3v) is 6.13. The largest absolute Gasteiger partial charge is 0.481 e. The van der Waals surface area contributed by atoms with E-state index in [1.54, 1.807) is 0 Å². The van der Waals surface area contributed by atoms with Gasteiger partial charge in [-0.15, -0.1) is 0 Å². The van der Waals surface area contributed by atoms with E-state index in [0.717, 1.165) is 12.8 Å². The van der Waals surface area contributed by atoms with Crippen molar-refractivity contribution in [3.05, 3.63) is 0 Å². The molecule has 0 saturated heterocycles. The van der Waals surface area contributed by atoms with E-state index in [1.807, 2.05) is 0 Å². The molecule has 3 aliphatic rings. The van der Waals surface area contributed by atoms with Gasteiger partial charge in [-0.3, -0.25) is 4.79 Å². The van der Waals surface area contributed by atoms with Crippen LogP contribution in [0.4, 0.5) is 0 Å². The first-order valence-corrected chi connectivity index (χ1v) is 8.06. The Hall–Kier alpha value is -0.570. The van der Waals surface area contributed by atoms with Crippen LogP contribution in [0.5, 0.6) is 0 Å². The molecular weight excluding hydrogens is 238 g/mol. The van der Waals surface area contributed by atoms with Crippen LogP contribution in [0.2, 0.25) is 0 Å². The summed E-state index contributed by atoms with van der Waals surface area (Å²) in [6.07, 6.45) is 7.43. The third-order valence-electron chi connectivity index (χ3n) is 6.13. The van der Waals surface area contributed by atoms with Crippen molar-refractivity contribution in [2.45, 2.75) is 64.5 Å². The molecule has 2 bridgehead atoms. The summed E-state index contributed by atoms with van der Waals surface area (Å²) >= 11 is 0. The molecule has 3 fully saturated rings. The van der Waals surface area contributed by atoms with Crippen LogP contribution in [-0.2, 0) is 4.79 Å². The average Bonchev–Trinajstić information content (AvgIpc) is 2.94. The van der Waals surface area contributed by atoms with E-state index in [4.69, 9.17) is 0 Å². The predicted molar refractivity (Wildman–Crippen MR) is 74.8 cm³/mol. The molecule has 0 radical (unpaired) electrons. The summed E-state index contributed by atoms with van der Waals surface area (Å²) in [6, 6.07) is 0.768. The quantitative estimate of drug-likeness (QED) is 0.825. The highest BCUT2D eigenvalue weighted by Crippen LogP contribution is 2.49. The molecule has 0 spiro atoms. The normalized spacial score (nSPS) is 49.5. The zero-order chi connectivity index (χ0) is 13.6. The summed E-state index contributed by atoms with van der Waals surface area (Å²) in [6.45, 7) is 4.66. The SMILES string of the molecule is CC1CCCC(C)C1NC1C2CCC(C2)C1C(=O)O. The van der Waals surface area contributed by atoms with Gasteiger partial charge >= 0.3 is 5.97 Å². The Bertz CT molecular complexity index is 347. The van der Waals surface area contributed by atoms with Crippen LogP contribution in [0.3, 0.4) is 0 Å². The Morgan fingerprint density at radius 3 is 2.26 bits per heavy atom. The monoisotopic (exact) mass is 265 g/mol. The number of rotatable bonds is 3. The van der Waals surface area contributed by atoms with Gasteiger partial charge in [0, 0.05) is 12.1 Å². The van der Waals surface area contributed by atoms with Gasteiger partial charge in [-0.25, -0.2) is 0 Å². The van der Waals surface area contributed by atoms with E-state index in [0.29, 0.717) is 29.7 Å². The summed E-state index contributed by atoms with van der Waals surface area (Å²) in [7, 11) is 0. The van der Waals surface area contributed by atoms with Gasteiger partial charge in [0.25, 0.3) is 0 Å². The number of fused-ring (bicyclic) bond motifs is 2. The molecule has 3 aliphatic carbocycles. The standard InChI is InChI=1S/C16H27NO2/c1-9-4-3-5-10(2)14(9)17-15-12-7-6-11(8-12)13(15)16(18)19/h9-15,17H,3-8H2,1-2H3,(H,18,19). The molecule has 0 aromatic carbocycles. The molecule has 108 valence electrons. The number of carboxylic acids is 1. The molecule has 0 aliphatic heterocycles. The first-order chi connectivity index (χ1) is 9.08. The third kappa shape index (κ3) is 2.31. The molecule has 6 atom stereocenters. The molecule has 0 heterocycles. The second-order valence-electron chi connectivity index (χ2n) is 7.30. The number of aliphatic carboxylic acids is 1. The minimum Gasteiger partial charge on any atom is -0.481 e. The van der Waals surface area contributed by atoms with Crippen LogP contribution in [0.15, 0.2) is 0 Å². The molecular formula is C16H27NO2. The lowest BCUT2D eigenvalue weighted by molar-refractivity contribution is -0.144. The van der Waals surface area contributed by atoms with Gasteiger partial charge in [-0.2, -0.15) is 0 Å². The maximum Gasteiger partial charge on any atom is 0.308 e. The minimum atomic E-state index is -0.569. The molecule has 3 heteroatoms. The molecule has 6 unspecified atom stereocenters. The zero-order valence-electron chi connectivity index (χ0n) is 12.1. The molecule has 0 aromatic heterocycles. The lowest BCUT2D eigenvalue weighted by Crippen LogP contribution is -2.53. The Kier molecular flexibility index (Phi) is 3.59. The fourth-order valence-corrected chi connectivity index (χ4v) is 5.12. The zero-order valence-corrected chi connectivity index (χ0v) is 12.1. The first kappa shape index (κ1) is 13.4. The molecule has 0 aromatic rings. The summed E-state index contributed by atoms with van der Waals surface area (Å²) in [4.78, 5) is 11.6. The topological polar surface area (TPSA) is 49.3 Å². The fourth-order valence-electron chi connectivity index (χ4n) is 5.12. The number of carbonyl (C=O) groups is 1. The van der Waals surface area contributed by atoms with Crippen molar-refractivity contribution < 1.29 is 9.90 Å². The molecule has 3 rings (SSSR count). The van der Waals surface area contributed by atoms with Gasteiger partial charge in [0.05, 0.1) is 5.92 Å². The Balaban J connectivity index is 1.72. The lowest BCUT2D eigenvalue weighted by atomic mass is 9.76. The van der Waals surface area contributed by atoms with E-state index in [-0.39, 0.29) is 12.0 Å². The van der Waals surface area contributed by atoms with Gasteiger partial charge in [-0.1, -0.05) is 20.3 Å². The number of nitrogens with one attached hydrogen (secondary N) is 1. The number of hydrogen-bond acceptors (Lipinski definition) is 2. The Labute approximate surface area is 116 Å². The van der Waals surface area contributed by atoms with Crippen molar-refractivity contribution in [2.75, 3.05) is 0 Å². The van der Waals surface area contributed by atoms with Gasteiger partial charge in [-0.05, 0) is 55.8 Å². The van der Waals surface area contributed by atoms with Crippen molar-refractivity contribution in [3.8, 4) is 0 Å². The molecule has 2 N–H and O–H groups in total. The van der Waals surface area contributed by atoms with E-state index < -0.39 is 5.97 Å². The van der Waals surface area contributed by atoms with Crippen LogP contribution < -0.4 is 5.32 Å². The van der Waals surface area contributed by atoms with Crippen molar-refractivity contribution in [2.24, 2.45) is 29.6 Å². The highest BCUT2D eigenvalue weighted by atomic mass is 16.4. The van der Waals surface area contributed by atoms with Gasteiger partial charge in [0.2, 0.25) is 0 Å². The maximum absolute atomic E-state index is 11.6. The average molecular weight is 265 g/mol. The van der Waals surface area contributed by atoms with Crippen molar-refractivity contribution in [1.82, 2.24) is 5.32 Å². The highest BCUT2D eigenvalue weighted by molar-refractivity contribution is 5.72. The van der Waals surface area contributed by atoms with Crippen LogP contribution in [0.25, 0.3) is 0 Å². The van der Waals surface area contributed by atoms with E-state index >= 15 is 0 Å². The number of carboxylic acid groups (broad SMARTS) is 1. The summed E-state index contributed by atoms with van der Waals surface area (Å²) in [5.41, 5.74) is 0. The Morgan fingerprint density at radius 2 is 1.63 bits per heavy atom. The smallest absolute Gasteiger partial charge is 0.308 e. The fraction of sp³-hybridized carbons (Fsp3) is 0.938. The highest BCUT2D eigenvalue weighted by Gasteiger charge is 2.51. The van der Waals surface area contributed by atoms with Gasteiger partial charge in [0.15, 0.2) is 0 Å². The van der Waals surface area contributed by atoms with Crippen LogP contribution >= 0.6 is 0 Å². The molecule has 19 heavy (non-hydrogen) atoms. The summed E-state index contributed by atoms with van der Waals surface area (Å²) in [5, 5.41) is 13.3. The van der Waals surface area contributed by atoms with E-state index in [2.05, 4.69) is 19.2 Å². The molecule has 0 amide bonds. The van der Waals surface area contributed by atoms with Crippen molar-refractivity contribution in [3.63, 3.8) is 0 Å². The summed E-state index contributed by atoms with van der Waals surface area (Å²) in [5.74, 6) is 1.75. The lowest BCUT2D eigenvalue weighted by Gasteiger charge is -2.40. The first-order valence-electron chi connectivity index (χ1n) is 8.06.